The molecule has 0 radical (unpaired) electrons. The molecular formula is C11H16N2O. The number of aryl methyl sites for hydroxylation is 1. The summed E-state index contributed by atoms with van der Waals surface area (Å²) >= 11 is 0. The molecule has 0 fully saturated rings. The van der Waals surface area contributed by atoms with Crippen molar-refractivity contribution in [3.05, 3.63) is 18.0 Å². The largest absolute Gasteiger partial charge is 0.378 e. The van der Waals surface area contributed by atoms with Gasteiger partial charge in [-0.15, -0.1) is 0 Å². The summed E-state index contributed by atoms with van der Waals surface area (Å²) in [5.74, 6) is 5.63. The van der Waals surface area contributed by atoms with Crippen LogP contribution in [0, 0.1) is 11.8 Å². The molecule has 0 atom stereocenters. The molecule has 1 aromatic rings. The third-order valence-corrected chi connectivity index (χ3v) is 1.60. The first kappa shape index (κ1) is 10.8. The molecule has 0 aliphatic heterocycles. The van der Waals surface area contributed by atoms with E-state index in [1.54, 1.807) is 20.0 Å². The van der Waals surface area contributed by atoms with Crippen molar-refractivity contribution in [2.24, 2.45) is 0 Å². The van der Waals surface area contributed by atoms with Crippen molar-refractivity contribution in [2.75, 3.05) is 0 Å². The summed E-state index contributed by atoms with van der Waals surface area (Å²) in [6, 6.07) is 0. The Hall–Kier alpha value is -1.27. The summed E-state index contributed by atoms with van der Waals surface area (Å²) in [6.07, 6.45) is 4.66. The van der Waals surface area contributed by atoms with Gasteiger partial charge in [0.1, 0.15) is 5.60 Å². The smallest absolute Gasteiger partial charge is 0.120 e. The third kappa shape index (κ3) is 3.63. The molecule has 0 unspecified atom stereocenters. The second kappa shape index (κ2) is 4.30. The van der Waals surface area contributed by atoms with Crippen LogP contribution < -0.4 is 0 Å². The molecule has 0 spiro atoms. The Labute approximate surface area is 84.8 Å². The SMILES string of the molecule is CCCn1cc(C#CC(C)(C)O)cn1. The van der Waals surface area contributed by atoms with Gasteiger partial charge in [0.2, 0.25) is 0 Å². The van der Waals surface area contributed by atoms with Crippen molar-refractivity contribution < 1.29 is 5.11 Å². The molecule has 0 bridgehead atoms. The number of nitrogens with zero attached hydrogens (tertiary/aromatic N) is 2. The molecule has 0 aromatic carbocycles. The monoisotopic (exact) mass is 192 g/mol. The summed E-state index contributed by atoms with van der Waals surface area (Å²) in [4.78, 5) is 0. The van der Waals surface area contributed by atoms with Gasteiger partial charge in [-0.2, -0.15) is 5.10 Å². The van der Waals surface area contributed by atoms with Gasteiger partial charge in [-0.3, -0.25) is 4.68 Å². The normalized spacial score (nSPS) is 10.9. The highest BCUT2D eigenvalue weighted by Crippen LogP contribution is 2.00. The molecule has 14 heavy (non-hydrogen) atoms. The van der Waals surface area contributed by atoms with E-state index in [4.69, 9.17) is 0 Å². The lowest BCUT2D eigenvalue weighted by Gasteiger charge is -2.05. The van der Waals surface area contributed by atoms with Gasteiger partial charge in [-0.1, -0.05) is 18.8 Å². The predicted octanol–water partition coefficient (Wildman–Crippen LogP) is 1.42. The van der Waals surface area contributed by atoms with E-state index in [9.17, 15) is 5.11 Å². The van der Waals surface area contributed by atoms with Gasteiger partial charge in [0, 0.05) is 12.7 Å². The van der Waals surface area contributed by atoms with Crippen LogP contribution in [-0.4, -0.2) is 20.5 Å². The van der Waals surface area contributed by atoms with E-state index < -0.39 is 5.60 Å². The Morgan fingerprint density at radius 2 is 2.29 bits per heavy atom. The number of rotatable bonds is 2. The second-order valence-electron chi connectivity index (χ2n) is 3.80. The zero-order valence-corrected chi connectivity index (χ0v) is 8.91. The number of hydrogen-bond acceptors (Lipinski definition) is 2. The number of aliphatic hydroxyl groups is 1. The van der Waals surface area contributed by atoms with Crippen LogP contribution in [0.3, 0.4) is 0 Å². The lowest BCUT2D eigenvalue weighted by molar-refractivity contribution is 0.143. The fourth-order valence-corrected chi connectivity index (χ4v) is 1.00. The maximum Gasteiger partial charge on any atom is 0.120 e. The molecule has 0 amide bonds. The van der Waals surface area contributed by atoms with E-state index in [2.05, 4.69) is 23.9 Å². The van der Waals surface area contributed by atoms with Gasteiger partial charge in [-0.25, -0.2) is 0 Å². The van der Waals surface area contributed by atoms with Gasteiger partial charge in [0.25, 0.3) is 0 Å². The van der Waals surface area contributed by atoms with Crippen molar-refractivity contribution >= 4 is 0 Å². The first-order chi connectivity index (χ1) is 6.51. The maximum atomic E-state index is 9.39. The minimum atomic E-state index is -0.938. The molecule has 1 heterocycles. The molecule has 3 nitrogen and oxygen atoms in total. The van der Waals surface area contributed by atoms with Gasteiger partial charge in [0.15, 0.2) is 0 Å². The van der Waals surface area contributed by atoms with Crippen LogP contribution in [0.15, 0.2) is 12.4 Å². The fourth-order valence-electron chi connectivity index (χ4n) is 1.00. The van der Waals surface area contributed by atoms with Crippen LogP contribution in [0.4, 0.5) is 0 Å². The zero-order valence-electron chi connectivity index (χ0n) is 8.91. The van der Waals surface area contributed by atoms with E-state index >= 15 is 0 Å². The van der Waals surface area contributed by atoms with E-state index in [1.807, 2.05) is 10.9 Å². The molecule has 0 saturated heterocycles. The average Bonchev–Trinajstić information content (AvgIpc) is 2.49. The van der Waals surface area contributed by atoms with Crippen LogP contribution in [0.5, 0.6) is 0 Å². The molecule has 76 valence electrons. The van der Waals surface area contributed by atoms with Crippen molar-refractivity contribution in [3.8, 4) is 11.8 Å². The van der Waals surface area contributed by atoms with Crippen molar-refractivity contribution in [2.45, 2.75) is 39.3 Å². The summed E-state index contributed by atoms with van der Waals surface area (Å²) in [5.41, 5.74) is -0.0899. The highest BCUT2D eigenvalue weighted by Gasteiger charge is 2.05. The molecule has 1 N–H and O–H groups in total. The van der Waals surface area contributed by atoms with Crippen LogP contribution in [0.2, 0.25) is 0 Å². The van der Waals surface area contributed by atoms with Gasteiger partial charge in [0.05, 0.1) is 11.8 Å². The van der Waals surface area contributed by atoms with Crippen molar-refractivity contribution in [3.63, 3.8) is 0 Å². The highest BCUT2D eigenvalue weighted by molar-refractivity contribution is 5.31. The predicted molar refractivity (Wildman–Crippen MR) is 55.7 cm³/mol. The first-order valence-electron chi connectivity index (χ1n) is 4.79. The van der Waals surface area contributed by atoms with Crippen molar-refractivity contribution in [1.29, 1.82) is 0 Å². The highest BCUT2D eigenvalue weighted by atomic mass is 16.3. The van der Waals surface area contributed by atoms with Crippen LogP contribution >= 0.6 is 0 Å². The van der Waals surface area contributed by atoms with Crippen LogP contribution in [-0.2, 0) is 6.54 Å². The Balaban J connectivity index is 2.71. The third-order valence-electron chi connectivity index (χ3n) is 1.60. The lowest BCUT2D eigenvalue weighted by atomic mass is 10.1. The van der Waals surface area contributed by atoms with Gasteiger partial charge >= 0.3 is 0 Å². The maximum absolute atomic E-state index is 9.39. The topological polar surface area (TPSA) is 38.0 Å². The molecule has 0 aliphatic rings. The minimum absolute atomic E-state index is 0.848. The Bertz CT molecular complexity index is 349. The van der Waals surface area contributed by atoms with Crippen LogP contribution in [0.25, 0.3) is 0 Å². The van der Waals surface area contributed by atoms with E-state index in [0.29, 0.717) is 0 Å². The summed E-state index contributed by atoms with van der Waals surface area (Å²) in [7, 11) is 0. The van der Waals surface area contributed by atoms with E-state index in [1.165, 1.54) is 0 Å². The van der Waals surface area contributed by atoms with E-state index in [0.717, 1.165) is 18.5 Å². The summed E-state index contributed by atoms with van der Waals surface area (Å²) in [6.45, 7) is 6.33. The summed E-state index contributed by atoms with van der Waals surface area (Å²) in [5, 5.41) is 13.5. The zero-order chi connectivity index (χ0) is 10.6. The van der Waals surface area contributed by atoms with Crippen LogP contribution in [0.1, 0.15) is 32.8 Å². The number of hydrogen-bond donors (Lipinski definition) is 1. The molecule has 0 saturated carbocycles. The van der Waals surface area contributed by atoms with Gasteiger partial charge in [-0.05, 0) is 20.3 Å². The first-order valence-corrected chi connectivity index (χ1v) is 4.79. The molecule has 0 aliphatic carbocycles. The van der Waals surface area contributed by atoms with Gasteiger partial charge < -0.3 is 5.11 Å². The quantitative estimate of drug-likeness (QED) is 0.719. The Morgan fingerprint density at radius 1 is 1.57 bits per heavy atom. The van der Waals surface area contributed by atoms with E-state index in [-0.39, 0.29) is 0 Å². The average molecular weight is 192 g/mol. The minimum Gasteiger partial charge on any atom is -0.378 e. The Kier molecular flexibility index (Phi) is 3.32. The fraction of sp³-hybridized carbons (Fsp3) is 0.545. The van der Waals surface area contributed by atoms with Crippen molar-refractivity contribution in [1.82, 2.24) is 9.78 Å². The summed E-state index contributed by atoms with van der Waals surface area (Å²) < 4.78 is 1.86. The second-order valence-corrected chi connectivity index (χ2v) is 3.80. The molecule has 1 aromatic heterocycles. The Morgan fingerprint density at radius 3 is 2.86 bits per heavy atom. The molecular weight excluding hydrogens is 176 g/mol. The standard InChI is InChI=1S/C11H16N2O/c1-4-7-13-9-10(8-12-13)5-6-11(2,3)14/h8-9,14H,4,7H2,1-3H3. The lowest BCUT2D eigenvalue weighted by Crippen LogP contribution is -2.14. The number of aromatic nitrogens is 2. The molecule has 3 heteroatoms. The molecule has 1 rings (SSSR count).